The van der Waals surface area contributed by atoms with Crippen LogP contribution in [0.15, 0.2) is 24.3 Å². The van der Waals surface area contributed by atoms with Gasteiger partial charge in [-0.05, 0) is 39.3 Å². The molecule has 0 spiro atoms. The van der Waals surface area contributed by atoms with Gasteiger partial charge in [0.1, 0.15) is 17.8 Å². The lowest BCUT2D eigenvalue weighted by molar-refractivity contribution is -0.149. The molecule has 3 aliphatic heterocycles. The van der Waals surface area contributed by atoms with E-state index in [9.17, 15) is 19.2 Å². The van der Waals surface area contributed by atoms with Gasteiger partial charge in [-0.2, -0.15) is 0 Å². The zero-order valence-electron chi connectivity index (χ0n) is 23.1. The smallest absolute Gasteiger partial charge is 0.247 e. The van der Waals surface area contributed by atoms with Crippen LogP contribution in [0.1, 0.15) is 65.0 Å². The lowest BCUT2D eigenvalue weighted by atomic mass is 9.93. The van der Waals surface area contributed by atoms with Gasteiger partial charge >= 0.3 is 0 Å². The Labute approximate surface area is 224 Å². The van der Waals surface area contributed by atoms with Crippen LogP contribution in [-0.2, 0) is 19.2 Å². The second-order valence-electron chi connectivity index (χ2n) is 11.6. The average molecular weight is 528 g/mol. The summed E-state index contributed by atoms with van der Waals surface area (Å²) in [7, 11) is 1.67. The molecule has 10 heteroatoms. The van der Waals surface area contributed by atoms with Gasteiger partial charge < -0.3 is 30.5 Å². The lowest BCUT2D eigenvalue weighted by Crippen LogP contribution is -2.63. The Bertz CT molecular complexity index is 1070. The lowest BCUT2D eigenvalue weighted by Gasteiger charge is -2.40. The third kappa shape index (κ3) is 5.80. The molecule has 3 N–H and O–H groups in total. The first-order chi connectivity index (χ1) is 18.0. The van der Waals surface area contributed by atoms with Crippen molar-refractivity contribution in [3.8, 4) is 5.75 Å². The van der Waals surface area contributed by atoms with E-state index in [1.807, 2.05) is 45.0 Å². The first kappa shape index (κ1) is 27.9. The fourth-order valence-corrected chi connectivity index (χ4v) is 5.59. The normalized spacial score (nSPS) is 26.3. The molecule has 0 aliphatic carbocycles. The van der Waals surface area contributed by atoms with Crippen molar-refractivity contribution < 1.29 is 23.9 Å². The van der Waals surface area contributed by atoms with E-state index < -0.39 is 23.5 Å². The molecule has 0 unspecified atom stereocenters. The van der Waals surface area contributed by atoms with Crippen molar-refractivity contribution in [3.05, 3.63) is 29.8 Å². The Morgan fingerprint density at radius 3 is 2.47 bits per heavy atom. The predicted octanol–water partition coefficient (Wildman–Crippen LogP) is 1.36. The number of hydrogen-bond donors (Lipinski definition) is 3. The summed E-state index contributed by atoms with van der Waals surface area (Å²) < 4.78 is 5.73. The summed E-state index contributed by atoms with van der Waals surface area (Å²) in [6.45, 7) is 8.30. The summed E-state index contributed by atoms with van der Waals surface area (Å²) in [6, 6.07) is 5.21. The van der Waals surface area contributed by atoms with Crippen molar-refractivity contribution in [2.45, 2.75) is 83.6 Å². The number of nitrogens with zero attached hydrogens (tertiary/aromatic N) is 2. The zero-order valence-corrected chi connectivity index (χ0v) is 23.1. The van der Waals surface area contributed by atoms with Gasteiger partial charge in [-0.3, -0.25) is 19.2 Å². The van der Waals surface area contributed by atoms with E-state index in [0.717, 1.165) is 11.3 Å². The molecule has 10 nitrogen and oxygen atoms in total. The van der Waals surface area contributed by atoms with E-state index in [-0.39, 0.29) is 42.3 Å². The predicted molar refractivity (Wildman–Crippen MR) is 142 cm³/mol. The van der Waals surface area contributed by atoms with Crippen molar-refractivity contribution in [2.75, 3.05) is 26.7 Å². The number of carbonyl (C=O) groups is 4. The van der Waals surface area contributed by atoms with Gasteiger partial charge in [0.2, 0.25) is 23.6 Å². The highest BCUT2D eigenvalue weighted by Crippen LogP contribution is 2.34. The Balaban J connectivity index is 1.56. The fraction of sp³-hybridized carbons (Fsp3) is 0.643. The van der Waals surface area contributed by atoms with Crippen LogP contribution < -0.4 is 20.7 Å². The van der Waals surface area contributed by atoms with E-state index in [4.69, 9.17) is 4.74 Å². The molecule has 0 bridgehead atoms. The largest absolute Gasteiger partial charge is 0.493 e. The Morgan fingerprint density at radius 1 is 1.03 bits per heavy atom. The van der Waals surface area contributed by atoms with Crippen LogP contribution in [0, 0.1) is 5.41 Å². The van der Waals surface area contributed by atoms with Gasteiger partial charge in [-0.25, -0.2) is 0 Å². The van der Waals surface area contributed by atoms with Crippen molar-refractivity contribution in [3.63, 3.8) is 0 Å². The summed E-state index contributed by atoms with van der Waals surface area (Å²) >= 11 is 0. The minimum atomic E-state index is -0.940. The van der Waals surface area contributed by atoms with E-state index in [2.05, 4.69) is 16.0 Å². The number of rotatable bonds is 5. The number of carbonyl (C=O) groups excluding carboxylic acids is 4. The van der Waals surface area contributed by atoms with Crippen molar-refractivity contribution >= 4 is 23.6 Å². The van der Waals surface area contributed by atoms with Gasteiger partial charge in [-0.15, -0.1) is 0 Å². The molecule has 0 saturated carbocycles. The van der Waals surface area contributed by atoms with Crippen molar-refractivity contribution in [1.82, 2.24) is 25.8 Å². The minimum absolute atomic E-state index is 0.0647. The molecule has 208 valence electrons. The number of likely N-dealkylation sites (N-methyl/N-ethyl adjacent to an activating group) is 1. The van der Waals surface area contributed by atoms with E-state index in [1.165, 1.54) is 0 Å². The second kappa shape index (κ2) is 11.3. The maximum Gasteiger partial charge on any atom is 0.247 e. The molecule has 4 amide bonds. The number of para-hydroxylation sites is 1. The second-order valence-corrected chi connectivity index (χ2v) is 11.6. The van der Waals surface area contributed by atoms with E-state index in [1.54, 1.807) is 23.8 Å². The highest BCUT2D eigenvalue weighted by atomic mass is 16.5. The van der Waals surface area contributed by atoms with Gasteiger partial charge in [0.15, 0.2) is 0 Å². The third-order valence-corrected chi connectivity index (χ3v) is 7.84. The maximum absolute atomic E-state index is 14.0. The molecule has 3 heterocycles. The first-order valence-electron chi connectivity index (χ1n) is 13.6. The number of amides is 4. The molecule has 5 atom stereocenters. The van der Waals surface area contributed by atoms with E-state index >= 15 is 0 Å². The molecule has 1 aromatic rings. The Kier molecular flexibility index (Phi) is 8.30. The van der Waals surface area contributed by atoms with Crippen LogP contribution in [0.25, 0.3) is 0 Å². The number of ether oxygens (including phenoxy) is 1. The maximum atomic E-state index is 14.0. The quantitative estimate of drug-likeness (QED) is 0.532. The topological polar surface area (TPSA) is 120 Å². The van der Waals surface area contributed by atoms with Crippen LogP contribution in [0.3, 0.4) is 0 Å². The molecular formula is C28H41N5O5. The molecule has 38 heavy (non-hydrogen) atoms. The van der Waals surface area contributed by atoms with Crippen LogP contribution in [-0.4, -0.2) is 84.3 Å². The summed E-state index contributed by atoms with van der Waals surface area (Å²) in [6.07, 6.45) is 2.44. The Morgan fingerprint density at radius 2 is 1.76 bits per heavy atom. The van der Waals surface area contributed by atoms with Crippen LogP contribution in [0.5, 0.6) is 5.75 Å². The molecule has 0 aromatic heterocycles. The molecule has 2 saturated heterocycles. The zero-order chi connectivity index (χ0) is 27.6. The molecule has 1 aromatic carbocycles. The Hall–Kier alpha value is -3.14. The van der Waals surface area contributed by atoms with Crippen LogP contribution >= 0.6 is 0 Å². The third-order valence-electron chi connectivity index (χ3n) is 7.84. The molecule has 2 fully saturated rings. The van der Waals surface area contributed by atoms with Gasteiger partial charge in [0.05, 0.1) is 18.7 Å². The van der Waals surface area contributed by atoms with Crippen LogP contribution in [0.4, 0.5) is 0 Å². The number of hydrogen-bond acceptors (Lipinski definition) is 6. The standard InChI is InChI=1S/C28H41N5O5/c1-17(29-5)24(34)31-21-16-32(27(37)28(2,3)4)14-12-18-10-11-22(33(18)26(21)36)25(35)30-20-13-15-38-23-9-7-6-8-19(20)23/h6-9,17-18,20-22,29H,10-16H2,1-5H3,(H,30,35)(H,31,34)/t17-,18+,20+,21-,22-/m0/s1. The van der Waals surface area contributed by atoms with Crippen LogP contribution in [0.2, 0.25) is 0 Å². The van der Waals surface area contributed by atoms with Gasteiger partial charge in [0.25, 0.3) is 0 Å². The van der Waals surface area contributed by atoms with Gasteiger partial charge in [0, 0.05) is 36.5 Å². The molecule has 0 radical (unpaired) electrons. The average Bonchev–Trinajstić information content (AvgIpc) is 3.31. The van der Waals surface area contributed by atoms with E-state index in [0.29, 0.717) is 38.8 Å². The van der Waals surface area contributed by atoms with Gasteiger partial charge in [-0.1, -0.05) is 39.0 Å². The molecular weight excluding hydrogens is 486 g/mol. The van der Waals surface area contributed by atoms with Crippen molar-refractivity contribution in [1.29, 1.82) is 0 Å². The summed E-state index contributed by atoms with van der Waals surface area (Å²) in [5, 5.41) is 8.91. The molecule has 4 rings (SSSR count). The first-order valence-corrected chi connectivity index (χ1v) is 13.6. The number of nitrogens with one attached hydrogen (secondary N) is 3. The molecule has 3 aliphatic rings. The fourth-order valence-electron chi connectivity index (χ4n) is 5.59. The highest BCUT2D eigenvalue weighted by molar-refractivity contribution is 5.94. The monoisotopic (exact) mass is 527 g/mol. The number of benzene rings is 1. The summed E-state index contributed by atoms with van der Waals surface area (Å²) in [4.78, 5) is 57.0. The summed E-state index contributed by atoms with van der Waals surface area (Å²) in [5.41, 5.74) is 0.315. The van der Waals surface area contributed by atoms with Crippen molar-refractivity contribution in [2.24, 2.45) is 5.41 Å². The number of fused-ring (bicyclic) bond motifs is 2. The highest BCUT2D eigenvalue weighted by Gasteiger charge is 2.46. The summed E-state index contributed by atoms with van der Waals surface area (Å²) in [5.74, 6) is -0.140. The SMILES string of the molecule is CN[C@@H](C)C(=O)N[C@H]1CN(C(=O)C(C)(C)C)CC[C@H]2CC[C@@H](C(=O)N[C@@H]3CCOc4ccccc43)N2C1=O. The minimum Gasteiger partial charge on any atom is -0.493 e.